The standard InChI is InChI=1S/C20H24N3/c1-12(2)17-9-21-10-19-18(17)11-23(6)20(22-19)16-8-13(3)7-14(4)15(16)5/h7-12H,1-6H3/q+1. The smallest absolute Gasteiger partial charge is 0.260 e. The van der Waals surface area contributed by atoms with Gasteiger partial charge in [0.05, 0.1) is 24.2 Å². The molecule has 0 fully saturated rings. The number of hydrogen-bond donors (Lipinski definition) is 0. The second-order valence-corrected chi connectivity index (χ2v) is 6.75. The highest BCUT2D eigenvalue weighted by Gasteiger charge is 2.20. The Hall–Kier alpha value is -2.29. The summed E-state index contributed by atoms with van der Waals surface area (Å²) in [7, 11) is 2.07. The molecule has 2 aromatic heterocycles. The van der Waals surface area contributed by atoms with E-state index in [4.69, 9.17) is 4.98 Å². The maximum atomic E-state index is 4.93. The molecular weight excluding hydrogens is 282 g/mol. The number of pyridine rings is 1. The van der Waals surface area contributed by atoms with Gasteiger partial charge in [0.1, 0.15) is 6.20 Å². The van der Waals surface area contributed by atoms with Crippen molar-refractivity contribution >= 4 is 10.9 Å². The van der Waals surface area contributed by atoms with Gasteiger partial charge in [0.2, 0.25) is 5.52 Å². The van der Waals surface area contributed by atoms with Crippen LogP contribution in [-0.2, 0) is 7.05 Å². The molecule has 0 spiro atoms. The molecular formula is C20H24N3+. The Balaban J connectivity index is 2.31. The Labute approximate surface area is 138 Å². The normalized spacial score (nSPS) is 11.4. The monoisotopic (exact) mass is 306 g/mol. The van der Waals surface area contributed by atoms with E-state index < -0.39 is 0 Å². The van der Waals surface area contributed by atoms with E-state index in [2.05, 4.69) is 69.5 Å². The van der Waals surface area contributed by atoms with Crippen LogP contribution in [0, 0.1) is 20.8 Å². The van der Waals surface area contributed by atoms with E-state index in [1.807, 2.05) is 12.4 Å². The van der Waals surface area contributed by atoms with Crippen molar-refractivity contribution in [1.29, 1.82) is 0 Å². The molecule has 0 saturated carbocycles. The molecule has 0 amide bonds. The maximum Gasteiger partial charge on any atom is 0.331 e. The van der Waals surface area contributed by atoms with Gasteiger partial charge in [0, 0.05) is 6.20 Å². The van der Waals surface area contributed by atoms with E-state index in [1.165, 1.54) is 33.2 Å². The van der Waals surface area contributed by atoms with E-state index in [9.17, 15) is 0 Å². The SMILES string of the molecule is Cc1cc(C)c(C)c(-c2nc3cncc(C(C)C)c3c[n+]2C)c1. The van der Waals surface area contributed by atoms with Gasteiger partial charge in [-0.2, -0.15) is 0 Å². The number of fused-ring (bicyclic) bond motifs is 1. The quantitative estimate of drug-likeness (QED) is 0.665. The van der Waals surface area contributed by atoms with Gasteiger partial charge in [-0.15, -0.1) is 0 Å². The molecule has 3 heteroatoms. The molecule has 1 aromatic carbocycles. The average molecular weight is 306 g/mol. The first-order valence-electron chi connectivity index (χ1n) is 8.11. The molecule has 0 bridgehead atoms. The summed E-state index contributed by atoms with van der Waals surface area (Å²) in [5.74, 6) is 1.42. The van der Waals surface area contributed by atoms with Crippen LogP contribution in [0.4, 0.5) is 0 Å². The fraction of sp³-hybridized carbons (Fsp3) is 0.350. The average Bonchev–Trinajstić information content (AvgIpc) is 2.49. The van der Waals surface area contributed by atoms with Crippen LogP contribution in [0.2, 0.25) is 0 Å². The largest absolute Gasteiger partial charge is 0.331 e. The fourth-order valence-corrected chi connectivity index (χ4v) is 3.13. The van der Waals surface area contributed by atoms with Gasteiger partial charge < -0.3 is 0 Å². The number of rotatable bonds is 2. The van der Waals surface area contributed by atoms with Gasteiger partial charge in [0.15, 0.2) is 0 Å². The lowest BCUT2D eigenvalue weighted by Gasteiger charge is -2.10. The van der Waals surface area contributed by atoms with Gasteiger partial charge in [0.25, 0.3) is 0 Å². The molecule has 0 aliphatic heterocycles. The Morgan fingerprint density at radius 3 is 2.48 bits per heavy atom. The Morgan fingerprint density at radius 1 is 1.04 bits per heavy atom. The van der Waals surface area contributed by atoms with Crippen molar-refractivity contribution in [2.75, 3.05) is 0 Å². The van der Waals surface area contributed by atoms with Crippen LogP contribution in [0.25, 0.3) is 22.3 Å². The molecule has 0 atom stereocenters. The van der Waals surface area contributed by atoms with Gasteiger partial charge in [-0.3, -0.25) is 4.98 Å². The predicted molar refractivity (Wildman–Crippen MR) is 94.5 cm³/mol. The zero-order valence-electron chi connectivity index (χ0n) is 14.8. The zero-order valence-corrected chi connectivity index (χ0v) is 14.8. The molecule has 0 aliphatic rings. The van der Waals surface area contributed by atoms with Crippen LogP contribution in [-0.4, -0.2) is 9.97 Å². The second-order valence-electron chi connectivity index (χ2n) is 6.75. The molecule has 0 N–H and O–H groups in total. The molecule has 0 aliphatic carbocycles. The van der Waals surface area contributed by atoms with E-state index in [-0.39, 0.29) is 0 Å². The van der Waals surface area contributed by atoms with Crippen molar-refractivity contribution in [2.24, 2.45) is 7.05 Å². The molecule has 0 unspecified atom stereocenters. The van der Waals surface area contributed by atoms with Crippen LogP contribution < -0.4 is 4.57 Å². The summed E-state index contributed by atoms with van der Waals surface area (Å²) >= 11 is 0. The molecule has 2 heterocycles. The van der Waals surface area contributed by atoms with E-state index in [0.29, 0.717) is 5.92 Å². The van der Waals surface area contributed by atoms with Crippen LogP contribution >= 0.6 is 0 Å². The molecule has 3 rings (SSSR count). The van der Waals surface area contributed by atoms with Crippen LogP contribution in [0.1, 0.15) is 42.0 Å². The van der Waals surface area contributed by atoms with Crippen molar-refractivity contribution in [1.82, 2.24) is 9.97 Å². The van der Waals surface area contributed by atoms with Crippen LogP contribution in [0.5, 0.6) is 0 Å². The van der Waals surface area contributed by atoms with E-state index >= 15 is 0 Å². The van der Waals surface area contributed by atoms with Crippen molar-refractivity contribution in [3.63, 3.8) is 0 Å². The first-order valence-corrected chi connectivity index (χ1v) is 8.11. The zero-order chi connectivity index (χ0) is 16.7. The first kappa shape index (κ1) is 15.6. The van der Waals surface area contributed by atoms with Gasteiger partial charge in [-0.1, -0.05) is 19.9 Å². The van der Waals surface area contributed by atoms with Gasteiger partial charge in [-0.25, -0.2) is 4.57 Å². The second kappa shape index (κ2) is 5.73. The number of aryl methyl sites for hydroxylation is 3. The Morgan fingerprint density at radius 2 is 1.78 bits per heavy atom. The van der Waals surface area contributed by atoms with Crippen molar-refractivity contribution < 1.29 is 4.57 Å². The summed E-state index contributed by atoms with van der Waals surface area (Å²) < 4.78 is 2.13. The minimum absolute atomic E-state index is 0.432. The summed E-state index contributed by atoms with van der Waals surface area (Å²) in [6, 6.07) is 4.44. The van der Waals surface area contributed by atoms with E-state index in [1.54, 1.807) is 0 Å². The van der Waals surface area contributed by atoms with Crippen molar-refractivity contribution in [3.8, 4) is 11.4 Å². The van der Waals surface area contributed by atoms with E-state index in [0.717, 1.165) is 11.3 Å². The number of hydrogen-bond acceptors (Lipinski definition) is 2. The van der Waals surface area contributed by atoms with Crippen molar-refractivity contribution in [3.05, 3.63) is 53.0 Å². The minimum atomic E-state index is 0.432. The third-order valence-electron chi connectivity index (χ3n) is 4.56. The molecule has 3 nitrogen and oxygen atoms in total. The number of aromatic nitrogens is 3. The highest BCUT2D eigenvalue weighted by Crippen LogP contribution is 2.27. The lowest BCUT2D eigenvalue weighted by molar-refractivity contribution is -0.661. The summed E-state index contributed by atoms with van der Waals surface area (Å²) in [4.78, 5) is 9.32. The topological polar surface area (TPSA) is 29.7 Å². The molecule has 3 aromatic rings. The molecule has 23 heavy (non-hydrogen) atoms. The lowest BCUT2D eigenvalue weighted by Crippen LogP contribution is -2.32. The Bertz CT molecular complexity index is 895. The molecule has 0 radical (unpaired) electrons. The minimum Gasteiger partial charge on any atom is -0.260 e. The lowest BCUT2D eigenvalue weighted by atomic mass is 9.98. The van der Waals surface area contributed by atoms with Gasteiger partial charge in [-0.05, 0) is 60.0 Å². The molecule has 0 saturated heterocycles. The number of nitrogens with zero attached hydrogens (tertiary/aromatic N) is 3. The summed E-state index contributed by atoms with van der Waals surface area (Å²) in [6.45, 7) is 10.8. The molecule has 118 valence electrons. The third-order valence-corrected chi connectivity index (χ3v) is 4.56. The third kappa shape index (κ3) is 2.72. The van der Waals surface area contributed by atoms with Crippen LogP contribution in [0.15, 0.2) is 30.7 Å². The highest BCUT2D eigenvalue weighted by molar-refractivity contribution is 5.81. The number of benzene rings is 1. The summed E-state index contributed by atoms with van der Waals surface area (Å²) in [5.41, 5.74) is 7.25. The van der Waals surface area contributed by atoms with Crippen molar-refractivity contribution in [2.45, 2.75) is 40.5 Å². The summed E-state index contributed by atoms with van der Waals surface area (Å²) in [6.07, 6.45) is 6.00. The fourth-order valence-electron chi connectivity index (χ4n) is 3.13. The maximum absolute atomic E-state index is 4.93. The predicted octanol–water partition coefficient (Wildman–Crippen LogP) is 4.17. The Kier molecular flexibility index (Phi) is 3.88. The van der Waals surface area contributed by atoms with Crippen LogP contribution in [0.3, 0.4) is 0 Å². The first-order chi connectivity index (χ1) is 10.9. The highest BCUT2D eigenvalue weighted by atomic mass is 15.0. The summed E-state index contributed by atoms with van der Waals surface area (Å²) in [5, 5.41) is 1.18. The van der Waals surface area contributed by atoms with Gasteiger partial charge >= 0.3 is 5.82 Å².